The highest BCUT2D eigenvalue weighted by atomic mass is 16.5. The molecule has 0 unspecified atom stereocenters. The van der Waals surface area contributed by atoms with Gasteiger partial charge in [0.25, 0.3) is 5.91 Å². The number of carbonyl (C=O) groups is 3. The lowest BCUT2D eigenvalue weighted by atomic mass is 10.00. The van der Waals surface area contributed by atoms with Gasteiger partial charge in [-0.25, -0.2) is 0 Å². The number of carboxylic acid groups (broad SMARTS) is 1. The molecule has 0 radical (unpaired) electrons. The van der Waals surface area contributed by atoms with Gasteiger partial charge >= 0.3 is 5.97 Å². The Balaban J connectivity index is 1.49. The maximum Gasteiger partial charge on any atom is 0.303 e. The molecule has 2 aromatic carbocycles. The molecular weight excluding hydrogens is 360 g/mol. The van der Waals surface area contributed by atoms with Crippen LogP contribution in [0.2, 0.25) is 0 Å². The Morgan fingerprint density at radius 3 is 2.64 bits per heavy atom. The van der Waals surface area contributed by atoms with E-state index >= 15 is 0 Å². The maximum absolute atomic E-state index is 12.4. The summed E-state index contributed by atoms with van der Waals surface area (Å²) < 4.78 is 5.49. The van der Waals surface area contributed by atoms with Gasteiger partial charge < -0.3 is 20.5 Å². The number of amides is 2. The van der Waals surface area contributed by atoms with Crippen molar-refractivity contribution in [2.24, 2.45) is 0 Å². The molecule has 3 N–H and O–H groups in total. The first-order valence-electron chi connectivity index (χ1n) is 9.16. The maximum atomic E-state index is 12.4. The van der Waals surface area contributed by atoms with E-state index in [1.807, 2.05) is 18.2 Å². The van der Waals surface area contributed by atoms with Crippen LogP contribution in [0.4, 0.5) is 5.69 Å². The summed E-state index contributed by atoms with van der Waals surface area (Å²) in [6.07, 6.45) is 1.61. The number of carboxylic acids is 1. The van der Waals surface area contributed by atoms with Crippen LogP contribution in [0.25, 0.3) is 0 Å². The second-order valence-electron chi connectivity index (χ2n) is 6.59. The zero-order valence-corrected chi connectivity index (χ0v) is 15.4. The number of nitrogens with one attached hydrogen (secondary N) is 2. The van der Waals surface area contributed by atoms with Crippen molar-refractivity contribution in [3.63, 3.8) is 0 Å². The first kappa shape index (κ1) is 19.4. The number of fused-ring (bicyclic) bond motifs is 1. The molecule has 7 nitrogen and oxygen atoms in total. The molecule has 1 aliphatic rings. The second kappa shape index (κ2) is 9.03. The third-order valence-electron chi connectivity index (χ3n) is 4.44. The molecule has 2 amide bonds. The van der Waals surface area contributed by atoms with Gasteiger partial charge in [0.2, 0.25) is 5.91 Å². The highest BCUT2D eigenvalue weighted by Gasteiger charge is 2.16. The summed E-state index contributed by atoms with van der Waals surface area (Å²) in [6.45, 7) is 0.729. The molecule has 0 aliphatic carbocycles. The summed E-state index contributed by atoms with van der Waals surface area (Å²) in [7, 11) is 0. The van der Waals surface area contributed by atoms with E-state index in [4.69, 9.17) is 9.84 Å². The summed E-state index contributed by atoms with van der Waals surface area (Å²) in [5.74, 6) is -0.344. The van der Waals surface area contributed by atoms with Crippen molar-refractivity contribution in [3.05, 3.63) is 59.2 Å². The van der Waals surface area contributed by atoms with Gasteiger partial charge in [-0.15, -0.1) is 0 Å². The lowest BCUT2D eigenvalue weighted by molar-refractivity contribution is -0.137. The molecule has 3 rings (SSSR count). The number of carbonyl (C=O) groups excluding carboxylic acids is 2. The van der Waals surface area contributed by atoms with E-state index < -0.39 is 5.97 Å². The van der Waals surface area contributed by atoms with Gasteiger partial charge in [-0.05, 0) is 54.3 Å². The summed E-state index contributed by atoms with van der Waals surface area (Å²) in [4.78, 5) is 34.3. The summed E-state index contributed by atoms with van der Waals surface area (Å²) in [6, 6.07) is 12.6. The monoisotopic (exact) mass is 382 g/mol. The largest absolute Gasteiger partial charge is 0.494 e. The van der Waals surface area contributed by atoms with Crippen molar-refractivity contribution >= 4 is 23.5 Å². The number of ether oxygens (including phenoxy) is 1. The number of hydrogen-bond acceptors (Lipinski definition) is 4. The number of aliphatic carboxylic acids is 1. The molecule has 0 atom stereocenters. The molecule has 0 bridgehead atoms. The Morgan fingerprint density at radius 1 is 1.11 bits per heavy atom. The molecule has 28 heavy (non-hydrogen) atoms. The Hall–Kier alpha value is -3.35. The number of hydrogen-bond donors (Lipinski definition) is 3. The summed E-state index contributed by atoms with van der Waals surface area (Å²) in [5, 5.41) is 14.3. The van der Waals surface area contributed by atoms with Crippen LogP contribution in [0.15, 0.2) is 42.5 Å². The molecule has 0 saturated carbocycles. The topological polar surface area (TPSA) is 105 Å². The lowest BCUT2D eigenvalue weighted by Crippen LogP contribution is -2.24. The van der Waals surface area contributed by atoms with Crippen molar-refractivity contribution in [3.8, 4) is 5.75 Å². The van der Waals surface area contributed by atoms with Crippen molar-refractivity contribution in [2.75, 3.05) is 11.9 Å². The fourth-order valence-electron chi connectivity index (χ4n) is 2.93. The van der Waals surface area contributed by atoms with Crippen molar-refractivity contribution < 1.29 is 24.2 Å². The fraction of sp³-hybridized carbons (Fsp3) is 0.286. The molecule has 0 aromatic heterocycles. The normalized spacial score (nSPS) is 12.6. The molecule has 7 heteroatoms. The average molecular weight is 382 g/mol. The Bertz CT molecular complexity index is 877. The van der Waals surface area contributed by atoms with Crippen LogP contribution in [0.5, 0.6) is 5.75 Å². The van der Waals surface area contributed by atoms with Crippen molar-refractivity contribution in [1.29, 1.82) is 0 Å². The van der Waals surface area contributed by atoms with E-state index in [0.29, 0.717) is 43.7 Å². The average Bonchev–Trinajstić information content (AvgIpc) is 2.69. The minimum atomic E-state index is -0.835. The molecule has 0 saturated heterocycles. The summed E-state index contributed by atoms with van der Waals surface area (Å²) >= 11 is 0. The van der Waals surface area contributed by atoms with Crippen LogP contribution >= 0.6 is 0 Å². The quantitative estimate of drug-likeness (QED) is 0.609. The van der Waals surface area contributed by atoms with Gasteiger partial charge in [0, 0.05) is 30.6 Å². The van der Waals surface area contributed by atoms with Crippen LogP contribution in [0.3, 0.4) is 0 Å². The van der Waals surface area contributed by atoms with Gasteiger partial charge in [-0.3, -0.25) is 14.4 Å². The van der Waals surface area contributed by atoms with Crippen molar-refractivity contribution in [1.82, 2.24) is 5.32 Å². The predicted octanol–water partition coefficient (Wildman–Crippen LogP) is 2.74. The number of aryl methyl sites for hydroxylation is 1. The molecular formula is C21H22N2O5. The third kappa shape index (κ3) is 5.33. The lowest BCUT2D eigenvalue weighted by Gasteiger charge is -2.17. The SMILES string of the molecule is O=C(O)CCCOc1ccc(CNC(=O)c2ccc3c(c2)CCC(=O)N3)cc1. The molecule has 1 heterocycles. The first-order chi connectivity index (χ1) is 13.5. The smallest absolute Gasteiger partial charge is 0.303 e. The molecule has 0 fully saturated rings. The molecule has 1 aliphatic heterocycles. The number of rotatable bonds is 8. The Labute approximate surface area is 162 Å². The predicted molar refractivity (Wildman–Crippen MR) is 103 cm³/mol. The highest BCUT2D eigenvalue weighted by molar-refractivity contribution is 5.97. The van der Waals surface area contributed by atoms with Gasteiger partial charge in [0.05, 0.1) is 6.61 Å². The zero-order chi connectivity index (χ0) is 19.9. The van der Waals surface area contributed by atoms with E-state index in [9.17, 15) is 14.4 Å². The Kier molecular flexibility index (Phi) is 6.26. The zero-order valence-electron chi connectivity index (χ0n) is 15.4. The number of anilines is 1. The minimum Gasteiger partial charge on any atom is -0.494 e. The minimum absolute atomic E-state index is 0.000913. The van der Waals surface area contributed by atoms with Gasteiger partial charge in [0.1, 0.15) is 5.75 Å². The first-order valence-corrected chi connectivity index (χ1v) is 9.16. The van der Waals surface area contributed by atoms with Gasteiger partial charge in [-0.1, -0.05) is 12.1 Å². The van der Waals surface area contributed by atoms with E-state index in [1.54, 1.807) is 24.3 Å². The standard InChI is InChI=1S/C21H22N2O5/c24-19-10-6-15-12-16(5-9-18(15)23-19)21(27)22-13-14-3-7-17(8-4-14)28-11-1-2-20(25)26/h3-5,7-9,12H,1-2,6,10-11,13H2,(H,22,27)(H,23,24)(H,25,26). The third-order valence-corrected chi connectivity index (χ3v) is 4.44. The van der Waals surface area contributed by atoms with Crippen LogP contribution in [-0.2, 0) is 22.6 Å². The molecule has 146 valence electrons. The number of benzene rings is 2. The van der Waals surface area contributed by atoms with E-state index in [-0.39, 0.29) is 18.2 Å². The van der Waals surface area contributed by atoms with E-state index in [1.165, 1.54) is 0 Å². The highest BCUT2D eigenvalue weighted by Crippen LogP contribution is 2.23. The van der Waals surface area contributed by atoms with Crippen LogP contribution in [0.1, 0.15) is 40.7 Å². The van der Waals surface area contributed by atoms with Crippen LogP contribution < -0.4 is 15.4 Å². The molecule has 0 spiro atoms. The fourth-order valence-corrected chi connectivity index (χ4v) is 2.93. The van der Waals surface area contributed by atoms with E-state index in [2.05, 4.69) is 10.6 Å². The second-order valence-corrected chi connectivity index (χ2v) is 6.59. The van der Waals surface area contributed by atoms with Gasteiger partial charge in [-0.2, -0.15) is 0 Å². The van der Waals surface area contributed by atoms with Crippen LogP contribution in [-0.4, -0.2) is 29.5 Å². The summed E-state index contributed by atoms with van der Waals surface area (Å²) in [5.41, 5.74) is 3.23. The van der Waals surface area contributed by atoms with Crippen molar-refractivity contribution in [2.45, 2.75) is 32.2 Å². The van der Waals surface area contributed by atoms with Gasteiger partial charge in [0.15, 0.2) is 0 Å². The van der Waals surface area contributed by atoms with E-state index in [0.717, 1.165) is 16.8 Å². The van der Waals surface area contributed by atoms with Crippen LogP contribution in [0, 0.1) is 0 Å². The Morgan fingerprint density at radius 2 is 1.89 bits per heavy atom. The molecule has 2 aromatic rings.